The first-order valence-electron chi connectivity index (χ1n) is 14.0. The van der Waals surface area contributed by atoms with Gasteiger partial charge in [-0.15, -0.1) is 23.1 Å². The molecule has 0 bridgehead atoms. The number of nitrogens with one attached hydrogen (secondary N) is 3. The van der Waals surface area contributed by atoms with Gasteiger partial charge in [-0.1, -0.05) is 38.3 Å². The van der Waals surface area contributed by atoms with Crippen LogP contribution in [-0.4, -0.2) is 43.6 Å². The fourth-order valence-electron chi connectivity index (χ4n) is 4.90. The van der Waals surface area contributed by atoms with Gasteiger partial charge < -0.3 is 15.4 Å². The van der Waals surface area contributed by atoms with Gasteiger partial charge in [0.05, 0.1) is 11.3 Å². The van der Waals surface area contributed by atoms with Crippen molar-refractivity contribution < 1.29 is 19.2 Å². The Morgan fingerprint density at radius 1 is 1.11 bits per heavy atom. The van der Waals surface area contributed by atoms with Gasteiger partial charge >= 0.3 is 0 Å². The Morgan fingerprint density at radius 2 is 2.03 bits per heavy atom. The molecule has 2 saturated heterocycles. The van der Waals surface area contributed by atoms with Gasteiger partial charge in [0.1, 0.15) is 0 Å². The van der Waals surface area contributed by atoms with Gasteiger partial charge in [-0.3, -0.25) is 9.59 Å². The number of carbonyl (C=O) groups is 2. The van der Waals surface area contributed by atoms with Crippen LogP contribution in [0, 0.1) is 0 Å². The molecule has 2 fully saturated rings. The molecule has 2 aliphatic rings. The fourth-order valence-corrected chi connectivity index (χ4v) is 7.79. The second-order valence-electron chi connectivity index (χ2n) is 10.1. The first-order valence-corrected chi connectivity index (χ1v) is 15.8. The summed E-state index contributed by atoms with van der Waals surface area (Å²) in [5.74, 6) is 0.910. The number of rotatable bonds is 13. The van der Waals surface area contributed by atoms with Crippen LogP contribution in [0.15, 0.2) is 36.4 Å². The Morgan fingerprint density at radius 3 is 2.82 bits per heavy atom. The van der Waals surface area contributed by atoms with Crippen molar-refractivity contribution in [3.63, 3.8) is 0 Å². The molecule has 2 amide bonds. The predicted molar refractivity (Wildman–Crippen MR) is 156 cm³/mol. The van der Waals surface area contributed by atoms with Gasteiger partial charge in [-0.2, -0.15) is 0 Å². The topological polar surface area (TPSA) is 88.7 Å². The highest BCUT2D eigenvalue weighted by Gasteiger charge is 2.38. The maximum Gasteiger partial charge on any atom is 0.245 e. The van der Waals surface area contributed by atoms with Gasteiger partial charge in [-0.25, -0.2) is 10.3 Å². The third-order valence-electron chi connectivity index (χ3n) is 6.97. The molecular weight excluding hydrogens is 518 g/mol. The molecule has 1 aromatic carbocycles. The Kier molecular flexibility index (Phi) is 11.5. The first-order chi connectivity index (χ1) is 18.6. The summed E-state index contributed by atoms with van der Waals surface area (Å²) >= 11 is 3.62. The molecule has 3 heterocycles. The number of unbranched alkanes of at least 4 members (excludes halogenated alkanes) is 2. The van der Waals surface area contributed by atoms with Gasteiger partial charge in [0.2, 0.25) is 11.8 Å². The number of hydrogen-bond donors (Lipinski definition) is 3. The zero-order chi connectivity index (χ0) is 26.6. The van der Waals surface area contributed by atoms with Crippen LogP contribution in [0.25, 0.3) is 10.4 Å². The lowest BCUT2D eigenvalue weighted by Crippen LogP contribution is -2.37. The number of ether oxygens (including phenoxy) is 1. The van der Waals surface area contributed by atoms with E-state index in [1.54, 1.807) is 11.3 Å². The van der Waals surface area contributed by atoms with Crippen LogP contribution >= 0.6 is 23.1 Å². The second-order valence-corrected chi connectivity index (χ2v) is 12.7. The molecule has 4 rings (SSSR count). The lowest BCUT2D eigenvalue weighted by molar-refractivity contribution is -0.200. The van der Waals surface area contributed by atoms with Gasteiger partial charge in [0, 0.05) is 34.9 Å². The number of benzene rings is 1. The molecule has 9 heteroatoms. The molecule has 208 valence electrons. The van der Waals surface area contributed by atoms with Crippen LogP contribution in [-0.2, 0) is 23.9 Å². The van der Waals surface area contributed by atoms with Crippen molar-refractivity contribution in [3.05, 3.63) is 41.3 Å². The lowest BCUT2D eigenvalue weighted by atomic mass is 9.94. The highest BCUT2D eigenvalue weighted by Crippen LogP contribution is 2.51. The van der Waals surface area contributed by atoms with Crippen LogP contribution in [0.5, 0.6) is 0 Å². The Balaban J connectivity index is 1.38. The molecular formula is C29H41N3O4S2. The van der Waals surface area contributed by atoms with Crippen LogP contribution in [0.4, 0.5) is 5.69 Å². The summed E-state index contributed by atoms with van der Waals surface area (Å²) in [5.41, 5.74) is 4.52. The van der Waals surface area contributed by atoms with Gasteiger partial charge in [0.25, 0.3) is 0 Å². The maximum atomic E-state index is 12.9. The van der Waals surface area contributed by atoms with E-state index in [-0.39, 0.29) is 22.9 Å². The molecule has 2 atom stereocenters. The maximum absolute atomic E-state index is 12.9. The fraction of sp³-hybridized carbons (Fsp3) is 0.586. The number of thiophene rings is 1. The van der Waals surface area contributed by atoms with Crippen molar-refractivity contribution in [2.75, 3.05) is 30.8 Å². The van der Waals surface area contributed by atoms with E-state index >= 15 is 0 Å². The third kappa shape index (κ3) is 8.55. The standard InChI is InChI=1S/C29H41N3O4S2/c1-2-3-6-16-30-21-27(34)31-23-11-9-10-22(19-23)24-13-14-25(38-24)29(15-5-8-18-37-29)20-26(33)32-36-28-12-4-7-17-35-28/h9-11,13-14,19,28,30H,2-8,12,15-18,20-21H2,1H3,(H,31,34)(H,32,33)/t28?,29-/m0/s1. The first kappa shape index (κ1) is 29.1. The van der Waals surface area contributed by atoms with Crippen molar-refractivity contribution in [3.8, 4) is 10.4 Å². The molecule has 1 aromatic heterocycles. The average Bonchev–Trinajstić information content (AvgIpc) is 3.45. The normalized spacial score (nSPS) is 21.7. The molecule has 2 aliphatic heterocycles. The minimum atomic E-state index is -0.347. The number of carbonyl (C=O) groups excluding carboxylic acids is 2. The predicted octanol–water partition coefficient (Wildman–Crippen LogP) is 6.21. The largest absolute Gasteiger partial charge is 0.350 e. The Labute approximate surface area is 234 Å². The lowest BCUT2D eigenvalue weighted by Gasteiger charge is -2.35. The molecule has 3 N–H and O–H groups in total. The SMILES string of the molecule is CCCCCNCC(=O)Nc1cccc(-c2ccc([C@@]3(CC(=O)NOC4CCCCO4)CCCCS3)s2)c1. The Hall–Kier alpha value is -1.91. The van der Waals surface area contributed by atoms with Crippen LogP contribution < -0.4 is 16.1 Å². The zero-order valence-electron chi connectivity index (χ0n) is 22.4. The van der Waals surface area contributed by atoms with E-state index in [2.05, 4.69) is 41.2 Å². The van der Waals surface area contributed by atoms with E-state index in [9.17, 15) is 9.59 Å². The summed E-state index contributed by atoms with van der Waals surface area (Å²) in [6.45, 7) is 4.02. The number of anilines is 1. The van der Waals surface area contributed by atoms with Crippen molar-refractivity contribution in [2.45, 2.75) is 82.2 Å². The second kappa shape index (κ2) is 15.0. The van der Waals surface area contributed by atoms with Crippen molar-refractivity contribution in [2.24, 2.45) is 0 Å². The van der Waals surface area contributed by atoms with E-state index in [4.69, 9.17) is 9.57 Å². The van der Waals surface area contributed by atoms with E-state index in [1.165, 1.54) is 24.1 Å². The molecule has 0 saturated carbocycles. The zero-order valence-corrected chi connectivity index (χ0v) is 24.0. The molecule has 2 aromatic rings. The quantitative estimate of drug-likeness (QED) is 0.200. The van der Waals surface area contributed by atoms with Gasteiger partial charge in [-0.05, 0) is 74.2 Å². The minimum absolute atomic E-state index is 0.0325. The number of hydrogen-bond acceptors (Lipinski definition) is 7. The summed E-state index contributed by atoms with van der Waals surface area (Å²) in [7, 11) is 0. The molecule has 1 unspecified atom stereocenters. The van der Waals surface area contributed by atoms with Crippen molar-refractivity contribution in [1.82, 2.24) is 10.8 Å². The summed E-state index contributed by atoms with van der Waals surface area (Å²) < 4.78 is 5.32. The van der Waals surface area contributed by atoms with Crippen molar-refractivity contribution >= 4 is 40.6 Å². The van der Waals surface area contributed by atoms with E-state index in [1.807, 2.05) is 30.0 Å². The van der Waals surface area contributed by atoms with E-state index in [0.717, 1.165) is 67.0 Å². The molecule has 7 nitrogen and oxygen atoms in total. The summed E-state index contributed by atoms with van der Waals surface area (Å²) in [4.78, 5) is 33.2. The highest BCUT2D eigenvalue weighted by molar-refractivity contribution is 8.00. The van der Waals surface area contributed by atoms with Crippen LogP contribution in [0.1, 0.15) is 76.0 Å². The summed E-state index contributed by atoms with van der Waals surface area (Å²) in [6, 6.07) is 12.3. The number of hydroxylamine groups is 1. The minimum Gasteiger partial charge on any atom is -0.350 e. The summed E-state index contributed by atoms with van der Waals surface area (Å²) in [6.07, 6.45) is 9.61. The van der Waals surface area contributed by atoms with E-state index < -0.39 is 0 Å². The highest BCUT2D eigenvalue weighted by atomic mass is 32.2. The summed E-state index contributed by atoms with van der Waals surface area (Å²) in [5, 5.41) is 6.22. The number of amides is 2. The Bertz CT molecular complexity index is 1030. The number of thioether (sulfide) groups is 1. The molecule has 0 aliphatic carbocycles. The van der Waals surface area contributed by atoms with Crippen LogP contribution in [0.3, 0.4) is 0 Å². The molecule has 0 spiro atoms. The smallest absolute Gasteiger partial charge is 0.245 e. The molecule has 38 heavy (non-hydrogen) atoms. The third-order valence-corrected chi connectivity index (χ3v) is 10.1. The van der Waals surface area contributed by atoms with Gasteiger partial charge in [0.15, 0.2) is 6.29 Å². The molecule has 0 radical (unpaired) electrons. The van der Waals surface area contributed by atoms with Crippen molar-refractivity contribution in [1.29, 1.82) is 0 Å². The monoisotopic (exact) mass is 559 g/mol. The van der Waals surface area contributed by atoms with E-state index in [0.29, 0.717) is 19.6 Å². The average molecular weight is 560 g/mol. The van der Waals surface area contributed by atoms with Crippen LogP contribution in [0.2, 0.25) is 0 Å².